The Labute approximate surface area is 83.4 Å². The number of hydrogen-bond donors (Lipinski definition) is 1. The molecule has 0 atom stereocenters. The molecule has 49 valence electrons. The van der Waals surface area contributed by atoms with Gasteiger partial charge in [0.1, 0.15) is 0 Å². The fraction of sp³-hybridized carbons (Fsp3) is 0.250. The van der Waals surface area contributed by atoms with E-state index in [2.05, 4.69) is 38.6 Å². The van der Waals surface area contributed by atoms with Crippen LogP contribution in [0.15, 0.2) is 17.0 Å². The number of thiol groups is 1. The van der Waals surface area contributed by atoms with E-state index in [1.807, 2.05) is 0 Å². The van der Waals surface area contributed by atoms with Crippen molar-refractivity contribution in [2.75, 3.05) is 0 Å². The van der Waals surface area contributed by atoms with E-state index in [1.165, 1.54) is 11.1 Å². The molecular weight excluding hydrogens is 329 g/mol. The van der Waals surface area contributed by atoms with Crippen molar-refractivity contribution in [3.8, 4) is 0 Å². The van der Waals surface area contributed by atoms with Crippen LogP contribution >= 0.6 is 12.6 Å². The van der Waals surface area contributed by atoms with Crippen LogP contribution in [0, 0.1) is 13.8 Å². The molecule has 2 heteroatoms. The first-order chi connectivity index (χ1) is 4.63. The van der Waals surface area contributed by atoms with E-state index < -0.39 is 0 Å². The zero-order valence-corrected chi connectivity index (χ0v) is 12.7. The van der Waals surface area contributed by atoms with Crippen molar-refractivity contribution in [2.45, 2.75) is 18.7 Å². The van der Waals surface area contributed by atoms with Crippen molar-refractivity contribution in [3.63, 3.8) is 0 Å². The van der Waals surface area contributed by atoms with Crippen molar-refractivity contribution < 1.29 is 26.1 Å². The van der Waals surface area contributed by atoms with E-state index in [4.69, 9.17) is 0 Å². The van der Waals surface area contributed by atoms with Crippen LogP contribution in [0.5, 0.6) is 0 Å². The average molecular weight is 338 g/mol. The summed E-state index contributed by atoms with van der Waals surface area (Å²) in [4.78, 5) is 1.13. The van der Waals surface area contributed by atoms with Crippen molar-refractivity contribution >= 4 is 15.7 Å². The summed E-state index contributed by atoms with van der Waals surface area (Å²) in [6, 6.07) is 4.22. The summed E-state index contributed by atoms with van der Waals surface area (Å²) in [7, 11) is 0. The second-order valence-corrected chi connectivity index (χ2v) is 5.74. The summed E-state index contributed by atoms with van der Waals surface area (Å²) in [5.41, 5.74) is 2.81. The molecule has 0 N–H and O–H groups in total. The molecule has 0 nitrogen and oxygen atoms in total. The Kier molecular flexibility index (Phi) is 2.81. The third-order valence-electron chi connectivity index (χ3n) is 1.80. The molecule has 0 spiro atoms. The molecule has 0 aliphatic carbocycles. The van der Waals surface area contributed by atoms with Gasteiger partial charge in [0.25, 0.3) is 0 Å². The topological polar surface area (TPSA) is 0 Å². The number of benzene rings is 1. The fourth-order valence-corrected chi connectivity index (χ4v) is 2.87. The maximum absolute atomic E-state index is 4.35. The van der Waals surface area contributed by atoms with Gasteiger partial charge in [-0.05, 0) is 0 Å². The predicted octanol–water partition coefficient (Wildman–Crippen LogP) is 1.76. The molecule has 0 aliphatic rings. The van der Waals surface area contributed by atoms with Crippen LogP contribution in [0.2, 0.25) is 0 Å². The molecule has 0 saturated heterocycles. The van der Waals surface area contributed by atoms with E-state index in [9.17, 15) is 0 Å². The van der Waals surface area contributed by atoms with Crippen molar-refractivity contribution in [1.82, 2.24) is 0 Å². The van der Waals surface area contributed by atoms with E-state index in [0.717, 1.165) is 31.0 Å². The predicted molar refractivity (Wildman–Crippen MR) is 42.8 cm³/mol. The molecule has 0 radical (unpaired) electrons. The molecule has 0 amide bonds. The summed E-state index contributed by atoms with van der Waals surface area (Å²) >= 11 is 5.07. The molecular formula is C8H9HgS. The molecule has 10 heavy (non-hydrogen) atoms. The van der Waals surface area contributed by atoms with Crippen LogP contribution in [-0.4, -0.2) is 0 Å². The Bertz CT molecular complexity index is 229. The van der Waals surface area contributed by atoms with Crippen LogP contribution in [-0.2, 0) is 26.1 Å². The first-order valence-electron chi connectivity index (χ1n) is 3.24. The van der Waals surface area contributed by atoms with Crippen LogP contribution in [0.4, 0.5) is 0 Å². The quantitative estimate of drug-likeness (QED) is 0.541. The van der Waals surface area contributed by atoms with Crippen LogP contribution in [0.3, 0.4) is 0 Å². The summed E-state index contributed by atoms with van der Waals surface area (Å²) < 4.78 is 1.55. The summed E-state index contributed by atoms with van der Waals surface area (Å²) in [6.07, 6.45) is 0. The first kappa shape index (κ1) is 8.60. The van der Waals surface area contributed by atoms with Gasteiger partial charge >= 0.3 is 83.8 Å². The van der Waals surface area contributed by atoms with Crippen molar-refractivity contribution in [1.29, 1.82) is 0 Å². The molecule has 0 heterocycles. The van der Waals surface area contributed by atoms with E-state index in [1.54, 1.807) is 3.07 Å². The number of rotatable bonds is 0. The van der Waals surface area contributed by atoms with Gasteiger partial charge in [-0.25, -0.2) is 0 Å². The standard InChI is InChI=1S/C8H9S.Hg/c1-6-3-4-8(9)7(2)5-6;/h3-4,9H,1-2H3;. The van der Waals surface area contributed by atoms with Crippen LogP contribution in [0.25, 0.3) is 0 Å². The van der Waals surface area contributed by atoms with Crippen LogP contribution < -0.4 is 3.07 Å². The van der Waals surface area contributed by atoms with E-state index in [0.29, 0.717) is 0 Å². The summed E-state index contributed by atoms with van der Waals surface area (Å²) in [5, 5.41) is 0. The zero-order chi connectivity index (χ0) is 7.72. The van der Waals surface area contributed by atoms with Gasteiger partial charge in [0.15, 0.2) is 0 Å². The van der Waals surface area contributed by atoms with Gasteiger partial charge in [-0.15, -0.1) is 0 Å². The number of aryl methyl sites for hydroxylation is 1. The van der Waals surface area contributed by atoms with Gasteiger partial charge in [-0.3, -0.25) is 0 Å². The summed E-state index contributed by atoms with van der Waals surface area (Å²) in [6.45, 7) is 4.32. The third kappa shape index (κ3) is 1.56. The minimum absolute atomic E-state index is 0.728. The normalized spacial score (nSPS) is 10.1. The molecule has 0 bridgehead atoms. The summed E-state index contributed by atoms with van der Waals surface area (Å²) in [5.74, 6) is 0. The van der Waals surface area contributed by atoms with Crippen LogP contribution in [0.1, 0.15) is 11.1 Å². The molecule has 1 aromatic rings. The van der Waals surface area contributed by atoms with Gasteiger partial charge in [0.05, 0.1) is 0 Å². The molecule has 1 rings (SSSR count). The monoisotopic (exact) mass is 339 g/mol. The first-order valence-corrected chi connectivity index (χ1v) is 6.43. The van der Waals surface area contributed by atoms with Gasteiger partial charge in [0.2, 0.25) is 0 Å². The molecule has 0 aromatic heterocycles. The average Bonchev–Trinajstić information content (AvgIpc) is 1.93. The molecule has 0 fully saturated rings. The minimum atomic E-state index is 0.728. The second-order valence-electron chi connectivity index (χ2n) is 2.51. The second kappa shape index (κ2) is 3.27. The van der Waals surface area contributed by atoms with Crippen molar-refractivity contribution in [3.05, 3.63) is 23.3 Å². The van der Waals surface area contributed by atoms with Gasteiger partial charge in [0, 0.05) is 0 Å². The zero-order valence-electron chi connectivity index (χ0n) is 6.31. The molecule has 1 aromatic carbocycles. The maximum atomic E-state index is 4.35. The third-order valence-corrected chi connectivity index (χ3v) is 6.52. The molecule has 0 aliphatic heterocycles. The van der Waals surface area contributed by atoms with E-state index >= 15 is 0 Å². The van der Waals surface area contributed by atoms with Gasteiger partial charge < -0.3 is 0 Å². The Hall–Kier alpha value is 0.505. The Morgan fingerprint density at radius 1 is 1.30 bits per heavy atom. The number of hydrogen-bond acceptors (Lipinski definition) is 1. The van der Waals surface area contributed by atoms with Crippen molar-refractivity contribution in [2.24, 2.45) is 0 Å². The van der Waals surface area contributed by atoms with Gasteiger partial charge in [-0.2, -0.15) is 0 Å². The van der Waals surface area contributed by atoms with Gasteiger partial charge in [-0.1, -0.05) is 0 Å². The molecule has 0 unspecified atom stereocenters. The van der Waals surface area contributed by atoms with E-state index in [-0.39, 0.29) is 0 Å². The fourth-order valence-electron chi connectivity index (χ4n) is 0.880. The Morgan fingerprint density at radius 3 is 2.40 bits per heavy atom. The molecule has 0 saturated carbocycles. The Balaban J connectivity index is 3.34. The SMILES string of the molecule is Cc1ccc(S)c(C)[c]1[Hg]. The Morgan fingerprint density at radius 2 is 1.90 bits per heavy atom.